The predicted octanol–water partition coefficient (Wildman–Crippen LogP) is 2.98. The number of carbonyl (C=O) groups excluding carboxylic acids is 1. The molecular formula is C20H25FN2O3S. The predicted molar refractivity (Wildman–Crippen MR) is 103 cm³/mol. The van der Waals surface area contributed by atoms with Crippen LogP contribution < -0.4 is 10.0 Å². The smallest absolute Gasteiger partial charge is 0.240 e. The van der Waals surface area contributed by atoms with E-state index < -0.39 is 10.0 Å². The molecule has 7 heteroatoms. The zero-order chi connectivity index (χ0) is 19.9. The molecule has 5 nitrogen and oxygen atoms in total. The van der Waals surface area contributed by atoms with E-state index in [1.807, 2.05) is 6.92 Å². The van der Waals surface area contributed by atoms with Crippen molar-refractivity contribution < 1.29 is 17.6 Å². The van der Waals surface area contributed by atoms with E-state index in [2.05, 4.69) is 10.0 Å². The molecular weight excluding hydrogens is 367 g/mol. The largest absolute Gasteiger partial charge is 0.356 e. The Hall–Kier alpha value is -2.25. The molecule has 0 radical (unpaired) electrons. The van der Waals surface area contributed by atoms with Crippen LogP contribution in [0.5, 0.6) is 0 Å². The number of benzene rings is 2. The van der Waals surface area contributed by atoms with Gasteiger partial charge in [-0.2, -0.15) is 0 Å². The molecule has 1 unspecified atom stereocenters. The summed E-state index contributed by atoms with van der Waals surface area (Å²) >= 11 is 0. The van der Waals surface area contributed by atoms with Crippen molar-refractivity contribution in [3.63, 3.8) is 0 Å². The molecule has 0 aliphatic heterocycles. The Kier molecular flexibility index (Phi) is 7.50. The van der Waals surface area contributed by atoms with Gasteiger partial charge in [0.2, 0.25) is 15.9 Å². The Labute approximate surface area is 160 Å². The molecule has 0 aromatic heterocycles. The maximum Gasteiger partial charge on any atom is 0.240 e. The van der Waals surface area contributed by atoms with Crippen LogP contribution in [0.3, 0.4) is 0 Å². The van der Waals surface area contributed by atoms with Gasteiger partial charge in [-0.25, -0.2) is 17.5 Å². The van der Waals surface area contributed by atoms with E-state index in [9.17, 15) is 17.6 Å². The van der Waals surface area contributed by atoms with E-state index >= 15 is 0 Å². The highest BCUT2D eigenvalue weighted by atomic mass is 32.2. The number of halogens is 1. The molecule has 2 N–H and O–H groups in total. The van der Waals surface area contributed by atoms with Crippen LogP contribution in [-0.2, 0) is 21.2 Å². The fraction of sp³-hybridized carbons (Fsp3) is 0.350. The normalized spacial score (nSPS) is 12.6. The van der Waals surface area contributed by atoms with Crippen molar-refractivity contribution in [2.45, 2.75) is 37.5 Å². The fourth-order valence-corrected chi connectivity index (χ4v) is 3.76. The minimum absolute atomic E-state index is 0.00107. The van der Waals surface area contributed by atoms with E-state index in [1.165, 1.54) is 12.1 Å². The molecule has 0 saturated carbocycles. The van der Waals surface area contributed by atoms with Gasteiger partial charge in [0.15, 0.2) is 0 Å². The summed E-state index contributed by atoms with van der Waals surface area (Å²) in [5.74, 6) is -0.362. The molecule has 0 heterocycles. The molecule has 27 heavy (non-hydrogen) atoms. The van der Waals surface area contributed by atoms with Crippen molar-refractivity contribution in [3.05, 3.63) is 65.5 Å². The number of carbonyl (C=O) groups is 1. The number of hydrogen-bond acceptors (Lipinski definition) is 3. The van der Waals surface area contributed by atoms with Gasteiger partial charge in [0.25, 0.3) is 0 Å². The second-order valence-electron chi connectivity index (χ2n) is 6.40. The number of sulfonamides is 1. The zero-order valence-corrected chi connectivity index (χ0v) is 16.4. The van der Waals surface area contributed by atoms with Crippen molar-refractivity contribution in [1.82, 2.24) is 10.0 Å². The van der Waals surface area contributed by atoms with Gasteiger partial charge < -0.3 is 5.32 Å². The number of amides is 1. The minimum Gasteiger partial charge on any atom is -0.356 e. The van der Waals surface area contributed by atoms with Crippen molar-refractivity contribution in [2.24, 2.45) is 0 Å². The van der Waals surface area contributed by atoms with Crippen LogP contribution in [0.2, 0.25) is 0 Å². The lowest BCUT2D eigenvalue weighted by atomic mass is 9.97. The van der Waals surface area contributed by atoms with Gasteiger partial charge in [-0.15, -0.1) is 0 Å². The Morgan fingerprint density at radius 1 is 1.07 bits per heavy atom. The van der Waals surface area contributed by atoms with Crippen LogP contribution in [0.25, 0.3) is 0 Å². The summed E-state index contributed by atoms with van der Waals surface area (Å²) < 4.78 is 39.2. The molecule has 146 valence electrons. The molecule has 0 aliphatic rings. The van der Waals surface area contributed by atoms with Gasteiger partial charge in [0, 0.05) is 19.5 Å². The molecule has 0 aliphatic carbocycles. The van der Waals surface area contributed by atoms with Gasteiger partial charge in [-0.3, -0.25) is 4.79 Å². The average Bonchev–Trinajstić information content (AvgIpc) is 2.62. The first kappa shape index (κ1) is 21.1. The quantitative estimate of drug-likeness (QED) is 0.689. The molecule has 1 atom stereocenters. The van der Waals surface area contributed by atoms with E-state index in [0.717, 1.165) is 11.1 Å². The van der Waals surface area contributed by atoms with E-state index in [-0.39, 0.29) is 22.5 Å². The van der Waals surface area contributed by atoms with Crippen LogP contribution in [0.1, 0.15) is 37.3 Å². The van der Waals surface area contributed by atoms with Gasteiger partial charge in [0.05, 0.1) is 4.90 Å². The Morgan fingerprint density at radius 3 is 2.30 bits per heavy atom. The van der Waals surface area contributed by atoms with Crippen LogP contribution in [0, 0.1) is 5.82 Å². The lowest BCUT2D eigenvalue weighted by Gasteiger charge is -2.12. The standard InChI is InChI=1S/C20H25FN2O3S/c1-3-23-27(25,26)19-10-4-16(5-11-19)12-13-22-20(24)14-15(2)17-6-8-18(21)9-7-17/h4-11,15,23H,3,12-14H2,1-2H3,(H,22,24). The zero-order valence-electron chi connectivity index (χ0n) is 15.5. The topological polar surface area (TPSA) is 75.3 Å². The third-order valence-corrected chi connectivity index (χ3v) is 5.80. The second-order valence-corrected chi connectivity index (χ2v) is 8.17. The second kappa shape index (κ2) is 9.62. The summed E-state index contributed by atoms with van der Waals surface area (Å²) in [6.45, 7) is 4.46. The Bertz CT molecular complexity index is 850. The molecule has 0 saturated heterocycles. The van der Waals surface area contributed by atoms with Gasteiger partial charge in [-0.05, 0) is 47.7 Å². The molecule has 2 rings (SSSR count). The third kappa shape index (κ3) is 6.45. The molecule has 0 spiro atoms. The van der Waals surface area contributed by atoms with Crippen molar-refractivity contribution in [1.29, 1.82) is 0 Å². The maximum atomic E-state index is 13.0. The Morgan fingerprint density at radius 2 is 1.70 bits per heavy atom. The summed E-state index contributed by atoms with van der Waals surface area (Å²) in [6, 6.07) is 12.8. The molecule has 0 fully saturated rings. The van der Waals surface area contributed by atoms with Gasteiger partial charge in [0.1, 0.15) is 5.82 Å². The first-order valence-corrected chi connectivity index (χ1v) is 10.4. The lowest BCUT2D eigenvalue weighted by Crippen LogP contribution is -2.26. The summed E-state index contributed by atoms with van der Waals surface area (Å²) in [4.78, 5) is 12.3. The van der Waals surface area contributed by atoms with Crippen molar-refractivity contribution >= 4 is 15.9 Å². The van der Waals surface area contributed by atoms with Crippen molar-refractivity contribution in [3.8, 4) is 0 Å². The van der Waals surface area contributed by atoms with Gasteiger partial charge >= 0.3 is 0 Å². The number of rotatable bonds is 9. The SMILES string of the molecule is CCNS(=O)(=O)c1ccc(CCNC(=O)CC(C)c2ccc(F)cc2)cc1. The van der Waals surface area contributed by atoms with Gasteiger partial charge in [-0.1, -0.05) is 38.1 Å². The highest BCUT2D eigenvalue weighted by molar-refractivity contribution is 7.89. The van der Waals surface area contributed by atoms with Crippen LogP contribution in [0.4, 0.5) is 4.39 Å². The summed E-state index contributed by atoms with van der Waals surface area (Å²) in [5, 5.41) is 2.86. The summed E-state index contributed by atoms with van der Waals surface area (Å²) in [5.41, 5.74) is 1.86. The third-order valence-electron chi connectivity index (χ3n) is 4.23. The van der Waals surface area contributed by atoms with Crippen molar-refractivity contribution in [2.75, 3.05) is 13.1 Å². The molecule has 0 bridgehead atoms. The van der Waals surface area contributed by atoms with E-state index in [0.29, 0.717) is 25.9 Å². The Balaban J connectivity index is 1.80. The summed E-state index contributed by atoms with van der Waals surface area (Å²) in [7, 11) is -3.45. The van der Waals surface area contributed by atoms with E-state index in [1.54, 1.807) is 43.3 Å². The highest BCUT2D eigenvalue weighted by Gasteiger charge is 2.13. The average molecular weight is 392 g/mol. The first-order chi connectivity index (χ1) is 12.8. The van der Waals surface area contributed by atoms with Crippen LogP contribution in [-0.4, -0.2) is 27.4 Å². The number of hydrogen-bond donors (Lipinski definition) is 2. The maximum absolute atomic E-state index is 13.0. The molecule has 1 amide bonds. The fourth-order valence-electron chi connectivity index (χ4n) is 2.71. The summed E-state index contributed by atoms with van der Waals surface area (Å²) in [6.07, 6.45) is 0.934. The highest BCUT2D eigenvalue weighted by Crippen LogP contribution is 2.19. The lowest BCUT2D eigenvalue weighted by molar-refractivity contribution is -0.121. The van der Waals surface area contributed by atoms with Crippen LogP contribution >= 0.6 is 0 Å². The molecule has 2 aromatic carbocycles. The van der Waals surface area contributed by atoms with Crippen LogP contribution in [0.15, 0.2) is 53.4 Å². The monoisotopic (exact) mass is 392 g/mol. The first-order valence-electron chi connectivity index (χ1n) is 8.92. The van der Waals surface area contributed by atoms with E-state index in [4.69, 9.17) is 0 Å². The number of nitrogens with one attached hydrogen (secondary N) is 2. The minimum atomic E-state index is -3.45. The molecule has 2 aromatic rings.